The van der Waals surface area contributed by atoms with E-state index in [2.05, 4.69) is 5.10 Å². The van der Waals surface area contributed by atoms with Crippen molar-refractivity contribution < 1.29 is 4.74 Å². The van der Waals surface area contributed by atoms with E-state index in [-0.39, 0.29) is 5.60 Å². The highest BCUT2D eigenvalue weighted by Crippen LogP contribution is 2.43. The van der Waals surface area contributed by atoms with Crippen molar-refractivity contribution in [3.05, 3.63) is 18.0 Å². The molecule has 0 amide bonds. The van der Waals surface area contributed by atoms with Crippen LogP contribution in [-0.2, 0) is 17.2 Å². The zero-order chi connectivity index (χ0) is 11.7. The van der Waals surface area contributed by atoms with Gasteiger partial charge in [0.25, 0.3) is 0 Å². The minimum atomic E-state index is 0.229. The number of rotatable bonds is 3. The van der Waals surface area contributed by atoms with Crippen molar-refractivity contribution in [2.75, 3.05) is 0 Å². The van der Waals surface area contributed by atoms with Gasteiger partial charge in [0.15, 0.2) is 0 Å². The first-order valence-corrected chi connectivity index (χ1v) is 7.08. The van der Waals surface area contributed by atoms with Crippen LogP contribution in [0.3, 0.4) is 0 Å². The summed E-state index contributed by atoms with van der Waals surface area (Å²) in [5, 5.41) is 4.32. The van der Waals surface area contributed by atoms with Crippen LogP contribution in [0.2, 0.25) is 0 Å². The number of alkyl halides is 1. The van der Waals surface area contributed by atoms with Crippen molar-refractivity contribution in [3.63, 3.8) is 0 Å². The van der Waals surface area contributed by atoms with Gasteiger partial charge in [0, 0.05) is 11.8 Å². The van der Waals surface area contributed by atoms with Crippen LogP contribution in [0.5, 0.6) is 0 Å². The highest BCUT2D eigenvalue weighted by atomic mass is 35.5. The lowest BCUT2D eigenvalue weighted by molar-refractivity contribution is -0.0429. The number of hydrogen-bond acceptors (Lipinski definition) is 2. The van der Waals surface area contributed by atoms with E-state index in [0.29, 0.717) is 12.0 Å². The van der Waals surface area contributed by atoms with Crippen LogP contribution < -0.4 is 0 Å². The van der Waals surface area contributed by atoms with Crippen molar-refractivity contribution in [1.82, 2.24) is 9.78 Å². The largest absolute Gasteiger partial charge is 0.370 e. The smallest absolute Gasteiger partial charge is 0.0779 e. The molecular weight excluding hydrogens is 236 g/mol. The van der Waals surface area contributed by atoms with E-state index in [0.717, 1.165) is 12.1 Å². The summed E-state index contributed by atoms with van der Waals surface area (Å²) in [6, 6.07) is 0. The molecule has 1 atom stereocenters. The minimum Gasteiger partial charge on any atom is -0.370 e. The quantitative estimate of drug-likeness (QED) is 0.775. The van der Waals surface area contributed by atoms with Crippen LogP contribution in [0, 0.1) is 0 Å². The summed E-state index contributed by atoms with van der Waals surface area (Å²) in [7, 11) is 0. The summed E-state index contributed by atoms with van der Waals surface area (Å²) in [4.78, 5) is 0. The van der Waals surface area contributed by atoms with Gasteiger partial charge in [-0.15, -0.1) is 11.6 Å². The van der Waals surface area contributed by atoms with E-state index in [1.165, 1.54) is 38.5 Å². The summed E-state index contributed by atoms with van der Waals surface area (Å²) < 4.78 is 8.23. The second kappa shape index (κ2) is 4.62. The van der Waals surface area contributed by atoms with E-state index in [1.807, 2.05) is 17.1 Å². The Morgan fingerprint density at radius 1 is 1.41 bits per heavy atom. The van der Waals surface area contributed by atoms with E-state index in [1.54, 1.807) is 0 Å². The number of halogens is 1. The van der Waals surface area contributed by atoms with Crippen molar-refractivity contribution in [2.45, 2.75) is 62.7 Å². The van der Waals surface area contributed by atoms with Crippen molar-refractivity contribution in [2.24, 2.45) is 0 Å². The Balaban J connectivity index is 1.59. The maximum absolute atomic E-state index is 6.26. The Kier molecular flexibility index (Phi) is 3.14. The second-order valence-electron chi connectivity index (χ2n) is 5.37. The molecule has 17 heavy (non-hydrogen) atoms. The summed E-state index contributed by atoms with van der Waals surface area (Å²) >= 11 is 5.77. The maximum atomic E-state index is 6.26. The lowest BCUT2D eigenvalue weighted by atomic mass is 9.98. The molecule has 3 nitrogen and oxygen atoms in total. The third-order valence-electron chi connectivity index (χ3n) is 4.09. The van der Waals surface area contributed by atoms with E-state index in [9.17, 15) is 0 Å². The van der Waals surface area contributed by atoms with Gasteiger partial charge < -0.3 is 4.74 Å². The monoisotopic (exact) mass is 254 g/mol. The molecule has 1 spiro atoms. The molecule has 1 aliphatic carbocycles. The number of aromatic nitrogens is 2. The fraction of sp³-hybridized carbons (Fsp3) is 0.769. The molecule has 1 aromatic rings. The number of ether oxygens (including phenoxy) is 1. The first-order valence-electron chi connectivity index (χ1n) is 6.55. The lowest BCUT2D eigenvalue weighted by Crippen LogP contribution is -2.26. The standard InChI is InChI=1S/C13H19ClN2O/c14-7-11-8-15-16(9-11)10-12-3-6-13(17-12)4-1-2-5-13/h8-9,12H,1-7,10H2. The normalized spacial score (nSPS) is 27.0. The zero-order valence-electron chi connectivity index (χ0n) is 10.1. The molecule has 0 radical (unpaired) electrons. The molecule has 1 unspecified atom stereocenters. The predicted molar refractivity (Wildman–Crippen MR) is 67.1 cm³/mol. The van der Waals surface area contributed by atoms with Gasteiger partial charge in [-0.05, 0) is 25.7 Å². The van der Waals surface area contributed by atoms with Gasteiger partial charge in [0.1, 0.15) is 0 Å². The number of nitrogens with zero attached hydrogens (tertiary/aromatic N) is 2. The van der Waals surface area contributed by atoms with Gasteiger partial charge in [-0.2, -0.15) is 5.10 Å². The molecule has 2 heterocycles. The molecule has 4 heteroatoms. The van der Waals surface area contributed by atoms with Crippen LogP contribution in [0.4, 0.5) is 0 Å². The van der Waals surface area contributed by atoms with Crippen molar-refractivity contribution >= 4 is 11.6 Å². The number of hydrogen-bond donors (Lipinski definition) is 0. The molecule has 1 saturated carbocycles. The minimum absolute atomic E-state index is 0.229. The lowest BCUT2D eigenvalue weighted by Gasteiger charge is -2.23. The average Bonchev–Trinajstić information content (AvgIpc) is 3.03. The summed E-state index contributed by atoms with van der Waals surface area (Å²) in [5.41, 5.74) is 1.31. The molecule has 0 bridgehead atoms. The molecule has 1 aliphatic heterocycles. The Labute approximate surface area is 107 Å². The summed E-state index contributed by atoms with van der Waals surface area (Å²) in [5.74, 6) is 0.537. The van der Waals surface area contributed by atoms with Gasteiger partial charge >= 0.3 is 0 Å². The van der Waals surface area contributed by atoms with Crippen LogP contribution in [0.15, 0.2) is 12.4 Å². The van der Waals surface area contributed by atoms with Gasteiger partial charge in [-0.3, -0.25) is 4.68 Å². The molecule has 0 N–H and O–H groups in total. The fourth-order valence-electron chi connectivity index (χ4n) is 3.20. The Hall–Kier alpha value is -0.540. The Bertz CT molecular complexity index is 385. The summed E-state index contributed by atoms with van der Waals surface area (Å²) in [6.07, 6.45) is 11.8. The highest BCUT2D eigenvalue weighted by Gasteiger charge is 2.42. The molecule has 3 rings (SSSR count). The molecule has 0 aromatic carbocycles. The van der Waals surface area contributed by atoms with Crippen LogP contribution in [0.25, 0.3) is 0 Å². The molecule has 1 saturated heterocycles. The zero-order valence-corrected chi connectivity index (χ0v) is 10.8. The SMILES string of the molecule is ClCc1cnn(CC2CCC3(CCCC3)O2)c1. The molecule has 2 fully saturated rings. The van der Waals surface area contributed by atoms with E-state index < -0.39 is 0 Å². The van der Waals surface area contributed by atoms with Crippen LogP contribution in [0.1, 0.15) is 44.1 Å². The highest BCUT2D eigenvalue weighted by molar-refractivity contribution is 6.17. The van der Waals surface area contributed by atoms with Gasteiger partial charge in [0.2, 0.25) is 0 Å². The fourth-order valence-corrected chi connectivity index (χ4v) is 3.33. The van der Waals surface area contributed by atoms with E-state index >= 15 is 0 Å². The summed E-state index contributed by atoms with van der Waals surface area (Å²) in [6.45, 7) is 0.874. The van der Waals surface area contributed by atoms with Gasteiger partial charge in [-0.25, -0.2) is 0 Å². The first-order chi connectivity index (χ1) is 8.30. The van der Waals surface area contributed by atoms with Crippen LogP contribution in [-0.4, -0.2) is 21.5 Å². The van der Waals surface area contributed by atoms with Crippen molar-refractivity contribution in [3.8, 4) is 0 Å². The van der Waals surface area contributed by atoms with Gasteiger partial charge in [0.05, 0.1) is 30.3 Å². The average molecular weight is 255 g/mol. The predicted octanol–water partition coefficient (Wildman–Crippen LogP) is 3.11. The van der Waals surface area contributed by atoms with Crippen molar-refractivity contribution in [1.29, 1.82) is 0 Å². The van der Waals surface area contributed by atoms with Gasteiger partial charge in [-0.1, -0.05) is 12.8 Å². The topological polar surface area (TPSA) is 27.1 Å². The Morgan fingerprint density at radius 3 is 2.94 bits per heavy atom. The third-order valence-corrected chi connectivity index (χ3v) is 4.39. The second-order valence-corrected chi connectivity index (χ2v) is 5.64. The molecule has 2 aliphatic rings. The van der Waals surface area contributed by atoms with E-state index in [4.69, 9.17) is 16.3 Å². The molecular formula is C13H19ClN2O. The Morgan fingerprint density at radius 2 is 2.24 bits per heavy atom. The third kappa shape index (κ3) is 2.36. The maximum Gasteiger partial charge on any atom is 0.0779 e. The molecule has 1 aromatic heterocycles. The molecule has 94 valence electrons. The van der Waals surface area contributed by atoms with Crippen LogP contribution >= 0.6 is 11.6 Å². The first kappa shape index (κ1) is 11.5.